The van der Waals surface area contributed by atoms with E-state index >= 15 is 0 Å². The van der Waals surface area contributed by atoms with Gasteiger partial charge in [-0.2, -0.15) is 0 Å². The summed E-state index contributed by atoms with van der Waals surface area (Å²) in [6.07, 6.45) is 4.49. The summed E-state index contributed by atoms with van der Waals surface area (Å²) in [6, 6.07) is -0.341. The van der Waals surface area contributed by atoms with Gasteiger partial charge in [-0.1, -0.05) is 12.2 Å². The van der Waals surface area contributed by atoms with Crippen LogP contribution in [0.25, 0.3) is 0 Å². The number of carbonyl (C=O) groups excluding carboxylic acids is 1. The zero-order valence-corrected chi connectivity index (χ0v) is 9.85. The number of carbonyl (C=O) groups is 2. The van der Waals surface area contributed by atoms with Crippen molar-refractivity contribution in [3.05, 3.63) is 25.3 Å². The van der Waals surface area contributed by atoms with E-state index in [4.69, 9.17) is 5.11 Å². The predicted molar refractivity (Wildman–Crippen MR) is 63.0 cm³/mol. The average Bonchev–Trinajstić information content (AvgIpc) is 2.18. The van der Waals surface area contributed by atoms with Crippen molar-refractivity contribution in [1.29, 1.82) is 0 Å². The lowest BCUT2D eigenvalue weighted by Gasteiger charge is -2.32. The molecule has 0 bridgehead atoms. The molecule has 0 aliphatic heterocycles. The van der Waals surface area contributed by atoms with Gasteiger partial charge in [-0.3, -0.25) is 4.79 Å². The van der Waals surface area contributed by atoms with E-state index in [0.29, 0.717) is 12.8 Å². The molecule has 90 valence electrons. The molecule has 0 spiro atoms. The molecule has 1 N–H and O–H groups in total. The summed E-state index contributed by atoms with van der Waals surface area (Å²) < 4.78 is 0. The molecule has 0 radical (unpaired) electrons. The lowest BCUT2D eigenvalue weighted by molar-refractivity contribution is -0.158. The van der Waals surface area contributed by atoms with Gasteiger partial charge in [0.05, 0.1) is 0 Å². The first kappa shape index (κ1) is 14.4. The monoisotopic (exact) mass is 225 g/mol. The third kappa shape index (κ3) is 3.88. The largest absolute Gasteiger partial charge is 0.474 e. The maximum absolute atomic E-state index is 11.5. The third-order valence-corrected chi connectivity index (χ3v) is 2.38. The molecular weight excluding hydrogens is 206 g/mol. The zero-order chi connectivity index (χ0) is 12.7. The van der Waals surface area contributed by atoms with Gasteiger partial charge in [-0.25, -0.2) is 4.79 Å². The van der Waals surface area contributed by atoms with E-state index in [1.54, 1.807) is 12.2 Å². The van der Waals surface area contributed by atoms with Crippen molar-refractivity contribution >= 4 is 11.9 Å². The Hall–Kier alpha value is -1.58. The number of rotatable bonds is 6. The summed E-state index contributed by atoms with van der Waals surface area (Å²) in [5.74, 6) is -2.30. The molecule has 4 heteroatoms. The summed E-state index contributed by atoms with van der Waals surface area (Å²) in [7, 11) is 0. The molecule has 0 aliphatic carbocycles. The van der Waals surface area contributed by atoms with Gasteiger partial charge in [-0.05, 0) is 26.7 Å². The van der Waals surface area contributed by atoms with Crippen LogP contribution in [0, 0.1) is 0 Å². The molecule has 16 heavy (non-hydrogen) atoms. The highest BCUT2D eigenvalue weighted by molar-refractivity contribution is 6.31. The Morgan fingerprint density at radius 2 is 1.56 bits per heavy atom. The fraction of sp³-hybridized carbons (Fsp3) is 0.500. The van der Waals surface area contributed by atoms with Crippen molar-refractivity contribution < 1.29 is 14.7 Å². The standard InChI is InChI=1S/C12H19NO3/c1-5-7-9(3)13(10(4)8-6-2)11(14)12(15)16/h5-6,9-10H,1-2,7-8H2,3-4H3,(H,15,16). The molecule has 0 aromatic carbocycles. The summed E-state index contributed by atoms with van der Waals surface area (Å²) in [5.41, 5.74) is 0. The SMILES string of the molecule is C=CCC(C)N(C(=O)C(=O)O)C(C)CC=C. The first-order valence-electron chi connectivity index (χ1n) is 5.23. The van der Waals surface area contributed by atoms with E-state index < -0.39 is 11.9 Å². The van der Waals surface area contributed by atoms with Crippen LogP contribution < -0.4 is 0 Å². The minimum atomic E-state index is -1.42. The molecule has 0 rings (SSSR count). The normalized spacial score (nSPS) is 13.6. The maximum Gasteiger partial charge on any atom is 0.394 e. The van der Waals surface area contributed by atoms with Crippen molar-refractivity contribution in [2.45, 2.75) is 38.8 Å². The Kier molecular flexibility index (Phi) is 6.15. The van der Waals surface area contributed by atoms with Crippen LogP contribution in [0.2, 0.25) is 0 Å². The molecule has 4 nitrogen and oxygen atoms in total. The molecule has 2 unspecified atom stereocenters. The van der Waals surface area contributed by atoms with E-state index in [9.17, 15) is 9.59 Å². The van der Waals surface area contributed by atoms with Gasteiger partial charge < -0.3 is 10.0 Å². The number of hydrogen-bond donors (Lipinski definition) is 1. The molecule has 0 fully saturated rings. The maximum atomic E-state index is 11.5. The van der Waals surface area contributed by atoms with Gasteiger partial charge in [0.2, 0.25) is 0 Å². The first-order valence-corrected chi connectivity index (χ1v) is 5.23. The molecule has 2 atom stereocenters. The highest BCUT2D eigenvalue weighted by Gasteiger charge is 2.28. The molecule has 0 heterocycles. The molecule has 0 saturated carbocycles. The van der Waals surface area contributed by atoms with E-state index in [0.717, 1.165) is 0 Å². The van der Waals surface area contributed by atoms with Crippen LogP contribution in [0.4, 0.5) is 0 Å². The first-order chi connectivity index (χ1) is 7.45. The highest BCUT2D eigenvalue weighted by atomic mass is 16.4. The number of carboxylic acids is 1. The van der Waals surface area contributed by atoms with Crippen molar-refractivity contribution in [3.63, 3.8) is 0 Å². The number of nitrogens with zero attached hydrogens (tertiary/aromatic N) is 1. The molecule has 0 aromatic heterocycles. The highest BCUT2D eigenvalue weighted by Crippen LogP contribution is 2.13. The Labute approximate surface area is 96.3 Å². The minimum absolute atomic E-state index is 0.170. The van der Waals surface area contributed by atoms with E-state index in [-0.39, 0.29) is 12.1 Å². The second-order valence-corrected chi connectivity index (χ2v) is 3.76. The van der Waals surface area contributed by atoms with Gasteiger partial charge in [0, 0.05) is 12.1 Å². The number of carboxylic acid groups (broad SMARTS) is 1. The van der Waals surface area contributed by atoms with Crippen molar-refractivity contribution in [2.24, 2.45) is 0 Å². The quantitative estimate of drug-likeness (QED) is 0.554. The third-order valence-electron chi connectivity index (χ3n) is 2.38. The van der Waals surface area contributed by atoms with Crippen molar-refractivity contribution in [2.75, 3.05) is 0 Å². The molecule has 0 saturated heterocycles. The van der Waals surface area contributed by atoms with Crippen LogP contribution in [0.15, 0.2) is 25.3 Å². The van der Waals surface area contributed by atoms with Gasteiger partial charge in [0.25, 0.3) is 0 Å². The summed E-state index contributed by atoms with van der Waals surface area (Å²) in [6.45, 7) is 10.8. The Morgan fingerprint density at radius 1 is 1.19 bits per heavy atom. The summed E-state index contributed by atoms with van der Waals surface area (Å²) in [4.78, 5) is 23.6. The van der Waals surface area contributed by atoms with E-state index in [1.165, 1.54) is 4.90 Å². The van der Waals surface area contributed by atoms with Crippen LogP contribution in [0.3, 0.4) is 0 Å². The van der Waals surface area contributed by atoms with Gasteiger partial charge >= 0.3 is 11.9 Å². The number of hydrogen-bond acceptors (Lipinski definition) is 2. The van der Waals surface area contributed by atoms with Gasteiger partial charge in [0.15, 0.2) is 0 Å². The van der Waals surface area contributed by atoms with Crippen LogP contribution >= 0.6 is 0 Å². The van der Waals surface area contributed by atoms with Crippen LogP contribution in [-0.4, -0.2) is 34.0 Å². The van der Waals surface area contributed by atoms with E-state index in [2.05, 4.69) is 13.2 Å². The molecule has 0 aromatic rings. The minimum Gasteiger partial charge on any atom is -0.474 e. The van der Waals surface area contributed by atoms with E-state index in [1.807, 2.05) is 13.8 Å². The molecular formula is C12H19NO3. The lowest BCUT2D eigenvalue weighted by atomic mass is 10.1. The molecule has 1 amide bonds. The predicted octanol–water partition coefficient (Wildman–Crippen LogP) is 1.83. The Morgan fingerprint density at radius 3 is 1.81 bits per heavy atom. The smallest absolute Gasteiger partial charge is 0.394 e. The van der Waals surface area contributed by atoms with Crippen LogP contribution in [-0.2, 0) is 9.59 Å². The average molecular weight is 225 g/mol. The van der Waals surface area contributed by atoms with Gasteiger partial charge in [0.1, 0.15) is 0 Å². The topological polar surface area (TPSA) is 57.6 Å². The summed E-state index contributed by atoms with van der Waals surface area (Å²) >= 11 is 0. The number of aliphatic carboxylic acids is 1. The summed E-state index contributed by atoms with van der Waals surface area (Å²) in [5, 5.41) is 8.74. The van der Waals surface area contributed by atoms with Crippen LogP contribution in [0.5, 0.6) is 0 Å². The van der Waals surface area contributed by atoms with Gasteiger partial charge in [-0.15, -0.1) is 13.2 Å². The Bertz CT molecular complexity index is 270. The van der Waals surface area contributed by atoms with Crippen molar-refractivity contribution in [1.82, 2.24) is 4.90 Å². The second-order valence-electron chi connectivity index (χ2n) is 3.76. The fourth-order valence-electron chi connectivity index (χ4n) is 1.65. The Balaban J connectivity index is 4.87. The zero-order valence-electron chi connectivity index (χ0n) is 9.85. The molecule has 0 aliphatic rings. The fourth-order valence-corrected chi connectivity index (χ4v) is 1.65. The van der Waals surface area contributed by atoms with Crippen LogP contribution in [0.1, 0.15) is 26.7 Å². The number of amides is 1. The lowest BCUT2D eigenvalue weighted by Crippen LogP contribution is -2.47. The second kappa shape index (κ2) is 6.82. The van der Waals surface area contributed by atoms with Crippen molar-refractivity contribution in [3.8, 4) is 0 Å².